The van der Waals surface area contributed by atoms with Crippen LogP contribution < -0.4 is 10.2 Å². The molecule has 0 radical (unpaired) electrons. The minimum Gasteiger partial charge on any atom is -0.356 e. The first-order valence-corrected chi connectivity index (χ1v) is 8.00. The van der Waals surface area contributed by atoms with Crippen molar-refractivity contribution < 1.29 is 4.79 Å². The maximum atomic E-state index is 11.8. The molecule has 0 spiro atoms. The Balaban J connectivity index is 2.04. The number of rotatable bonds is 5. The highest BCUT2D eigenvalue weighted by molar-refractivity contribution is 5.94. The summed E-state index contributed by atoms with van der Waals surface area (Å²) in [6.07, 6.45) is 11.7. The molecule has 1 atom stereocenters. The molecule has 1 unspecified atom stereocenters. The van der Waals surface area contributed by atoms with Crippen molar-refractivity contribution in [3.05, 3.63) is 23.9 Å². The average Bonchev–Trinajstić information content (AvgIpc) is 2.52. The van der Waals surface area contributed by atoms with Crippen LogP contribution in [0.2, 0.25) is 0 Å². The molecule has 0 saturated carbocycles. The van der Waals surface area contributed by atoms with Crippen LogP contribution in [-0.4, -0.2) is 30.5 Å². The number of pyridine rings is 1. The van der Waals surface area contributed by atoms with Gasteiger partial charge in [0.25, 0.3) is 5.91 Å². The van der Waals surface area contributed by atoms with E-state index in [0.29, 0.717) is 11.0 Å². The standard InChI is InChI=1S/C18H25N3O/c1-4-9-18(3)10-6-12-21(14-18)16-8-7-15(13-20-16)17(22)19-11-5-2/h2,7-8,13H,4,6,9-12,14H2,1,3H3,(H,19,22). The van der Waals surface area contributed by atoms with Gasteiger partial charge in [-0.3, -0.25) is 4.79 Å². The molecule has 0 aliphatic carbocycles. The molecule has 1 aromatic rings. The summed E-state index contributed by atoms with van der Waals surface area (Å²) >= 11 is 0. The average molecular weight is 299 g/mol. The number of hydrogen-bond donors (Lipinski definition) is 1. The Morgan fingerprint density at radius 2 is 2.36 bits per heavy atom. The summed E-state index contributed by atoms with van der Waals surface area (Å²) in [5.41, 5.74) is 0.921. The Bertz CT molecular complexity index is 542. The van der Waals surface area contributed by atoms with E-state index >= 15 is 0 Å². The van der Waals surface area contributed by atoms with Crippen molar-refractivity contribution in [1.29, 1.82) is 0 Å². The normalized spacial score (nSPS) is 21.2. The van der Waals surface area contributed by atoms with Crippen molar-refractivity contribution >= 4 is 11.7 Å². The van der Waals surface area contributed by atoms with E-state index in [0.717, 1.165) is 18.9 Å². The number of carbonyl (C=O) groups is 1. The van der Waals surface area contributed by atoms with Gasteiger partial charge in [0, 0.05) is 19.3 Å². The Morgan fingerprint density at radius 1 is 1.55 bits per heavy atom. The van der Waals surface area contributed by atoms with Gasteiger partial charge in [0.05, 0.1) is 12.1 Å². The number of aromatic nitrogens is 1. The Hall–Kier alpha value is -2.02. The van der Waals surface area contributed by atoms with E-state index in [4.69, 9.17) is 6.42 Å². The molecule has 2 rings (SSSR count). The summed E-state index contributed by atoms with van der Waals surface area (Å²) in [7, 11) is 0. The van der Waals surface area contributed by atoms with Gasteiger partial charge in [-0.2, -0.15) is 0 Å². The van der Waals surface area contributed by atoms with Gasteiger partial charge < -0.3 is 10.2 Å². The minimum atomic E-state index is -0.175. The predicted octanol–water partition coefficient (Wildman–Crippen LogP) is 2.85. The molecule has 1 aliphatic heterocycles. The van der Waals surface area contributed by atoms with Crippen LogP contribution in [0.5, 0.6) is 0 Å². The van der Waals surface area contributed by atoms with E-state index < -0.39 is 0 Å². The fourth-order valence-electron chi connectivity index (χ4n) is 3.26. The lowest BCUT2D eigenvalue weighted by atomic mass is 9.78. The highest BCUT2D eigenvalue weighted by atomic mass is 16.1. The van der Waals surface area contributed by atoms with Crippen molar-refractivity contribution in [1.82, 2.24) is 10.3 Å². The third-order valence-corrected chi connectivity index (χ3v) is 4.32. The number of amides is 1. The molecule has 0 aromatic carbocycles. The number of nitrogens with zero attached hydrogens (tertiary/aromatic N) is 2. The van der Waals surface area contributed by atoms with Crippen LogP contribution in [0.1, 0.15) is 49.9 Å². The smallest absolute Gasteiger partial charge is 0.253 e. The first-order chi connectivity index (χ1) is 10.6. The lowest BCUT2D eigenvalue weighted by Crippen LogP contribution is -2.42. The third kappa shape index (κ3) is 4.00. The van der Waals surface area contributed by atoms with Crippen molar-refractivity contribution in [2.75, 3.05) is 24.5 Å². The van der Waals surface area contributed by atoms with Gasteiger partial charge in [0.2, 0.25) is 0 Å². The molecule has 1 saturated heterocycles. The van der Waals surface area contributed by atoms with Crippen LogP contribution in [0.25, 0.3) is 0 Å². The van der Waals surface area contributed by atoms with Gasteiger partial charge in [-0.1, -0.05) is 26.2 Å². The van der Waals surface area contributed by atoms with E-state index in [9.17, 15) is 4.79 Å². The van der Waals surface area contributed by atoms with Gasteiger partial charge in [0.15, 0.2) is 0 Å². The quantitative estimate of drug-likeness (QED) is 0.850. The van der Waals surface area contributed by atoms with Crippen molar-refractivity contribution in [2.24, 2.45) is 5.41 Å². The predicted molar refractivity (Wildman–Crippen MR) is 89.9 cm³/mol. The van der Waals surface area contributed by atoms with Crippen LogP contribution in [0.3, 0.4) is 0 Å². The SMILES string of the molecule is C#CCNC(=O)c1ccc(N2CCCC(C)(CCC)C2)nc1. The largest absolute Gasteiger partial charge is 0.356 e. The molecular formula is C18H25N3O. The van der Waals surface area contributed by atoms with Gasteiger partial charge in [0.1, 0.15) is 5.82 Å². The Labute approximate surface area is 133 Å². The maximum Gasteiger partial charge on any atom is 0.253 e. The van der Waals surface area contributed by atoms with Gasteiger partial charge in [-0.25, -0.2) is 4.98 Å². The molecule has 1 aromatic heterocycles. The molecule has 4 nitrogen and oxygen atoms in total. The second kappa shape index (κ2) is 7.31. The summed E-state index contributed by atoms with van der Waals surface area (Å²) < 4.78 is 0. The molecule has 22 heavy (non-hydrogen) atoms. The minimum absolute atomic E-state index is 0.175. The summed E-state index contributed by atoms with van der Waals surface area (Å²) in [6, 6.07) is 3.75. The fourth-order valence-corrected chi connectivity index (χ4v) is 3.26. The lowest BCUT2D eigenvalue weighted by Gasteiger charge is -2.41. The molecule has 1 amide bonds. The van der Waals surface area contributed by atoms with E-state index in [1.165, 1.54) is 25.7 Å². The van der Waals surface area contributed by atoms with E-state index in [1.54, 1.807) is 6.20 Å². The zero-order valence-electron chi connectivity index (χ0n) is 13.6. The maximum absolute atomic E-state index is 11.8. The molecule has 1 N–H and O–H groups in total. The first kappa shape index (κ1) is 16.4. The molecule has 1 fully saturated rings. The van der Waals surface area contributed by atoms with Crippen molar-refractivity contribution in [3.8, 4) is 12.3 Å². The van der Waals surface area contributed by atoms with E-state index in [2.05, 4.69) is 35.0 Å². The van der Waals surface area contributed by atoms with E-state index in [-0.39, 0.29) is 12.5 Å². The second-order valence-corrected chi connectivity index (χ2v) is 6.38. The van der Waals surface area contributed by atoms with E-state index in [1.807, 2.05) is 12.1 Å². The molecule has 2 heterocycles. The zero-order valence-corrected chi connectivity index (χ0v) is 13.6. The second-order valence-electron chi connectivity index (χ2n) is 6.38. The Morgan fingerprint density at radius 3 is 3.00 bits per heavy atom. The first-order valence-electron chi connectivity index (χ1n) is 8.00. The van der Waals surface area contributed by atoms with Crippen LogP contribution in [0.15, 0.2) is 18.3 Å². The number of nitrogens with one attached hydrogen (secondary N) is 1. The molecule has 1 aliphatic rings. The monoisotopic (exact) mass is 299 g/mol. The summed E-state index contributed by atoms with van der Waals surface area (Å²) in [4.78, 5) is 18.6. The van der Waals surface area contributed by atoms with Gasteiger partial charge >= 0.3 is 0 Å². The van der Waals surface area contributed by atoms with Crippen LogP contribution in [-0.2, 0) is 0 Å². The highest BCUT2D eigenvalue weighted by Crippen LogP contribution is 2.35. The van der Waals surface area contributed by atoms with Crippen LogP contribution in [0.4, 0.5) is 5.82 Å². The zero-order chi connectivity index (χ0) is 16.0. The number of terminal acetylenes is 1. The lowest BCUT2D eigenvalue weighted by molar-refractivity contribution is 0.0958. The highest BCUT2D eigenvalue weighted by Gasteiger charge is 2.30. The number of carbonyl (C=O) groups excluding carboxylic acids is 1. The third-order valence-electron chi connectivity index (χ3n) is 4.32. The topological polar surface area (TPSA) is 45.2 Å². The van der Waals surface area contributed by atoms with Crippen LogP contribution in [0, 0.1) is 17.8 Å². The molecule has 0 bridgehead atoms. The van der Waals surface area contributed by atoms with Crippen molar-refractivity contribution in [2.45, 2.75) is 39.5 Å². The molecule has 4 heteroatoms. The number of hydrogen-bond acceptors (Lipinski definition) is 3. The van der Waals surface area contributed by atoms with Gasteiger partial charge in [-0.15, -0.1) is 6.42 Å². The van der Waals surface area contributed by atoms with Crippen LogP contribution >= 0.6 is 0 Å². The van der Waals surface area contributed by atoms with Gasteiger partial charge in [-0.05, 0) is 36.8 Å². The number of piperidine rings is 1. The van der Waals surface area contributed by atoms with Crippen molar-refractivity contribution in [3.63, 3.8) is 0 Å². The summed E-state index contributed by atoms with van der Waals surface area (Å²) in [6.45, 7) is 6.92. The summed E-state index contributed by atoms with van der Waals surface area (Å²) in [5, 5.41) is 2.65. The fraction of sp³-hybridized carbons (Fsp3) is 0.556. The summed E-state index contributed by atoms with van der Waals surface area (Å²) in [5.74, 6) is 3.17. The molecule has 118 valence electrons. The Kier molecular flexibility index (Phi) is 5.43. The molecular weight excluding hydrogens is 274 g/mol. The number of anilines is 1.